The molecule has 0 amide bonds. The number of hydrogen-bond acceptors (Lipinski definition) is 2. The Bertz CT molecular complexity index is 421. The van der Waals surface area contributed by atoms with Gasteiger partial charge in [-0.15, -0.1) is 0 Å². The fraction of sp³-hybridized carbons (Fsp3) is 0.615. The van der Waals surface area contributed by atoms with Crippen LogP contribution in [0.3, 0.4) is 0 Å². The number of nitrogens with one attached hydrogen (secondary N) is 1. The lowest BCUT2D eigenvalue weighted by Crippen LogP contribution is -2.31. The molecule has 5 heteroatoms. The molecular formula is C13H15F3N2. The summed E-state index contributed by atoms with van der Waals surface area (Å²) in [4.78, 5) is 3.86. The zero-order valence-electron chi connectivity index (χ0n) is 9.87. The summed E-state index contributed by atoms with van der Waals surface area (Å²) in [6, 6.07) is 3.09. The van der Waals surface area contributed by atoms with E-state index in [1.54, 1.807) is 0 Å². The number of pyridine rings is 1. The summed E-state index contributed by atoms with van der Waals surface area (Å²) in [5, 5.41) is 3.40. The molecule has 0 aliphatic heterocycles. The first kappa shape index (κ1) is 12.0. The third-order valence-electron chi connectivity index (χ3n) is 4.13. The predicted octanol–water partition coefficient (Wildman–Crippen LogP) is 2.99. The summed E-state index contributed by atoms with van der Waals surface area (Å²) in [5.74, 6) is 1.66. The van der Waals surface area contributed by atoms with Crippen LogP contribution in [0.15, 0.2) is 18.3 Å². The highest BCUT2D eigenvalue weighted by Crippen LogP contribution is 2.48. The summed E-state index contributed by atoms with van der Waals surface area (Å²) in [6.07, 6.45) is 0.457. The molecule has 98 valence electrons. The zero-order valence-corrected chi connectivity index (χ0v) is 9.87. The maximum atomic E-state index is 12.4. The first-order valence-electron chi connectivity index (χ1n) is 6.28. The van der Waals surface area contributed by atoms with Crippen molar-refractivity contribution in [2.75, 3.05) is 0 Å². The maximum Gasteiger partial charge on any atom is 0.417 e. The number of halogens is 3. The average molecular weight is 256 g/mol. The second-order valence-corrected chi connectivity index (χ2v) is 5.36. The number of hydrogen-bond donors (Lipinski definition) is 1. The van der Waals surface area contributed by atoms with Crippen molar-refractivity contribution in [2.24, 2.45) is 11.8 Å². The first-order chi connectivity index (χ1) is 8.52. The molecule has 1 atom stereocenters. The Labute approximate surface area is 104 Å². The van der Waals surface area contributed by atoms with Crippen LogP contribution >= 0.6 is 0 Å². The predicted molar refractivity (Wildman–Crippen MR) is 60.7 cm³/mol. The van der Waals surface area contributed by atoms with Crippen LogP contribution in [0.2, 0.25) is 0 Å². The van der Waals surface area contributed by atoms with Gasteiger partial charge in [0.25, 0.3) is 0 Å². The number of alkyl halides is 3. The Balaban J connectivity index is 1.56. The first-order valence-corrected chi connectivity index (χ1v) is 6.28. The van der Waals surface area contributed by atoms with Gasteiger partial charge in [-0.3, -0.25) is 4.98 Å². The molecule has 1 heterocycles. The molecule has 3 aliphatic rings. The molecule has 0 spiro atoms. The van der Waals surface area contributed by atoms with E-state index in [9.17, 15) is 13.2 Å². The van der Waals surface area contributed by atoms with E-state index in [4.69, 9.17) is 0 Å². The maximum absolute atomic E-state index is 12.4. The lowest BCUT2D eigenvalue weighted by Gasteiger charge is -2.24. The van der Waals surface area contributed by atoms with E-state index in [1.165, 1.54) is 25.3 Å². The highest BCUT2D eigenvalue weighted by Gasteiger charge is 2.43. The van der Waals surface area contributed by atoms with E-state index in [1.807, 2.05) is 0 Å². The number of fused-ring (bicyclic) bond motifs is 1. The van der Waals surface area contributed by atoms with Crippen LogP contribution in [0, 0.1) is 11.8 Å². The Morgan fingerprint density at radius 1 is 1.22 bits per heavy atom. The van der Waals surface area contributed by atoms with Gasteiger partial charge in [0, 0.05) is 18.8 Å². The minimum Gasteiger partial charge on any atom is -0.308 e. The fourth-order valence-corrected chi connectivity index (χ4v) is 3.04. The van der Waals surface area contributed by atoms with E-state index in [-0.39, 0.29) is 0 Å². The SMILES string of the molecule is FC(F)(F)c1ccc(CNC2CC3CC2C3)nc1. The molecule has 0 saturated heterocycles. The second-order valence-electron chi connectivity index (χ2n) is 5.36. The lowest BCUT2D eigenvalue weighted by molar-refractivity contribution is -0.137. The standard InChI is InChI=1S/C13H15F3N2/c14-13(15,16)10-1-2-11(17-6-10)7-18-12-5-8-3-9(12)4-8/h1-2,6,8-9,12,18H,3-5,7H2. The van der Waals surface area contributed by atoms with Gasteiger partial charge in [-0.2, -0.15) is 13.2 Å². The molecule has 2 bridgehead atoms. The molecule has 3 saturated carbocycles. The van der Waals surface area contributed by atoms with Gasteiger partial charge in [0.05, 0.1) is 11.3 Å². The van der Waals surface area contributed by atoms with Crippen LogP contribution in [-0.4, -0.2) is 11.0 Å². The molecule has 1 unspecified atom stereocenters. The molecule has 1 aromatic heterocycles. The van der Waals surface area contributed by atoms with Gasteiger partial charge in [0.15, 0.2) is 0 Å². The monoisotopic (exact) mass is 256 g/mol. The van der Waals surface area contributed by atoms with Crippen LogP contribution in [0.1, 0.15) is 30.5 Å². The molecule has 3 aliphatic carbocycles. The van der Waals surface area contributed by atoms with Crippen molar-refractivity contribution in [3.05, 3.63) is 29.6 Å². The molecule has 0 aromatic carbocycles. The normalized spacial score (nSPS) is 30.3. The number of nitrogens with zero attached hydrogens (tertiary/aromatic N) is 1. The molecule has 1 N–H and O–H groups in total. The molecule has 2 nitrogen and oxygen atoms in total. The van der Waals surface area contributed by atoms with Crippen molar-refractivity contribution in [3.8, 4) is 0 Å². The van der Waals surface area contributed by atoms with E-state index in [0.29, 0.717) is 18.3 Å². The van der Waals surface area contributed by atoms with Gasteiger partial charge in [0.2, 0.25) is 0 Å². The molecule has 4 rings (SSSR count). The minimum absolute atomic E-state index is 0.541. The topological polar surface area (TPSA) is 24.9 Å². The van der Waals surface area contributed by atoms with Crippen molar-refractivity contribution in [1.82, 2.24) is 10.3 Å². The van der Waals surface area contributed by atoms with Gasteiger partial charge in [-0.25, -0.2) is 0 Å². The lowest BCUT2D eigenvalue weighted by atomic mass is 9.84. The van der Waals surface area contributed by atoms with Crippen molar-refractivity contribution in [3.63, 3.8) is 0 Å². The Morgan fingerprint density at radius 2 is 2.00 bits per heavy atom. The van der Waals surface area contributed by atoms with Gasteiger partial charge < -0.3 is 5.32 Å². The highest BCUT2D eigenvalue weighted by atomic mass is 19.4. The third kappa shape index (κ3) is 2.23. The molecule has 0 radical (unpaired) electrons. The molecule has 3 fully saturated rings. The summed E-state index contributed by atoms with van der Waals surface area (Å²) >= 11 is 0. The Morgan fingerprint density at radius 3 is 2.50 bits per heavy atom. The van der Waals surface area contributed by atoms with Gasteiger partial charge in [-0.05, 0) is 43.2 Å². The van der Waals surface area contributed by atoms with Crippen molar-refractivity contribution in [2.45, 2.75) is 38.0 Å². The molecule has 18 heavy (non-hydrogen) atoms. The van der Waals surface area contributed by atoms with Crippen LogP contribution in [0.4, 0.5) is 13.2 Å². The smallest absolute Gasteiger partial charge is 0.308 e. The van der Waals surface area contributed by atoms with E-state index in [2.05, 4.69) is 10.3 Å². The van der Waals surface area contributed by atoms with Crippen molar-refractivity contribution < 1.29 is 13.2 Å². The molecular weight excluding hydrogens is 241 g/mol. The Kier molecular flexibility index (Phi) is 2.81. The van der Waals surface area contributed by atoms with Crippen molar-refractivity contribution >= 4 is 0 Å². The minimum atomic E-state index is -4.30. The van der Waals surface area contributed by atoms with Crippen LogP contribution in [-0.2, 0) is 12.7 Å². The Hall–Kier alpha value is -1.10. The van der Waals surface area contributed by atoms with E-state index in [0.717, 1.165) is 24.1 Å². The summed E-state index contributed by atoms with van der Waals surface area (Å²) < 4.78 is 37.1. The van der Waals surface area contributed by atoms with Gasteiger partial charge in [0.1, 0.15) is 0 Å². The summed E-state index contributed by atoms with van der Waals surface area (Å²) in [5.41, 5.74) is -0.0125. The largest absolute Gasteiger partial charge is 0.417 e. The number of rotatable bonds is 3. The summed E-state index contributed by atoms with van der Waals surface area (Å²) in [7, 11) is 0. The van der Waals surface area contributed by atoms with E-state index < -0.39 is 11.7 Å². The van der Waals surface area contributed by atoms with Gasteiger partial charge >= 0.3 is 6.18 Å². The van der Waals surface area contributed by atoms with Gasteiger partial charge in [-0.1, -0.05) is 0 Å². The fourth-order valence-electron chi connectivity index (χ4n) is 3.04. The number of aromatic nitrogens is 1. The summed E-state index contributed by atoms with van der Waals surface area (Å²) in [6.45, 7) is 0.562. The average Bonchev–Trinajstić information content (AvgIpc) is 2.83. The second kappa shape index (κ2) is 4.23. The van der Waals surface area contributed by atoms with Crippen molar-refractivity contribution in [1.29, 1.82) is 0 Å². The van der Waals surface area contributed by atoms with Crippen LogP contribution < -0.4 is 5.32 Å². The zero-order chi connectivity index (χ0) is 12.8. The van der Waals surface area contributed by atoms with Crippen LogP contribution in [0.5, 0.6) is 0 Å². The highest BCUT2D eigenvalue weighted by molar-refractivity contribution is 5.17. The molecule has 1 aromatic rings. The third-order valence-corrected chi connectivity index (χ3v) is 4.13. The van der Waals surface area contributed by atoms with E-state index >= 15 is 0 Å². The van der Waals surface area contributed by atoms with Crippen LogP contribution in [0.25, 0.3) is 0 Å². The quantitative estimate of drug-likeness (QED) is 0.899.